The second-order valence-corrected chi connectivity index (χ2v) is 5.79. The number of carbonyl (C=O) groups is 1. The SMILES string of the molecule is C[C@H](C(=O)Nc1cccc2ccccc12)N1CCCCC1. The normalized spacial score (nSPS) is 17.6. The monoisotopic (exact) mass is 282 g/mol. The molecule has 1 amide bonds. The first kappa shape index (κ1) is 14.1. The molecule has 1 atom stereocenters. The number of rotatable bonds is 3. The third-order valence-electron chi connectivity index (χ3n) is 4.37. The predicted octanol–water partition coefficient (Wildman–Crippen LogP) is 3.65. The van der Waals surface area contributed by atoms with Crippen LogP contribution in [0.25, 0.3) is 10.8 Å². The number of fused-ring (bicyclic) bond motifs is 1. The molecule has 1 N–H and O–H groups in total. The summed E-state index contributed by atoms with van der Waals surface area (Å²) >= 11 is 0. The highest BCUT2D eigenvalue weighted by atomic mass is 16.2. The Kier molecular flexibility index (Phi) is 4.20. The second kappa shape index (κ2) is 6.27. The van der Waals surface area contributed by atoms with Gasteiger partial charge in [-0.3, -0.25) is 9.69 Å². The first-order valence-electron chi connectivity index (χ1n) is 7.78. The highest BCUT2D eigenvalue weighted by Crippen LogP contribution is 2.23. The first-order chi connectivity index (χ1) is 10.3. The van der Waals surface area contributed by atoms with E-state index in [1.807, 2.05) is 31.2 Å². The van der Waals surface area contributed by atoms with Crippen molar-refractivity contribution in [2.75, 3.05) is 18.4 Å². The molecule has 0 bridgehead atoms. The molecule has 0 aromatic heterocycles. The van der Waals surface area contributed by atoms with Gasteiger partial charge in [0.25, 0.3) is 0 Å². The highest BCUT2D eigenvalue weighted by molar-refractivity contribution is 6.03. The van der Waals surface area contributed by atoms with Crippen LogP contribution in [0.3, 0.4) is 0 Å². The number of hydrogen-bond donors (Lipinski definition) is 1. The third-order valence-corrected chi connectivity index (χ3v) is 4.37. The van der Waals surface area contributed by atoms with Crippen LogP contribution in [0.5, 0.6) is 0 Å². The lowest BCUT2D eigenvalue weighted by Crippen LogP contribution is -2.44. The van der Waals surface area contributed by atoms with Crippen molar-refractivity contribution in [1.82, 2.24) is 4.90 Å². The number of anilines is 1. The van der Waals surface area contributed by atoms with Crippen LogP contribution in [0.1, 0.15) is 26.2 Å². The van der Waals surface area contributed by atoms with Crippen LogP contribution in [-0.4, -0.2) is 29.9 Å². The molecule has 1 fully saturated rings. The van der Waals surface area contributed by atoms with E-state index in [2.05, 4.69) is 28.4 Å². The van der Waals surface area contributed by atoms with Crippen molar-refractivity contribution < 1.29 is 4.79 Å². The van der Waals surface area contributed by atoms with Crippen LogP contribution in [0.4, 0.5) is 5.69 Å². The maximum absolute atomic E-state index is 12.5. The van der Waals surface area contributed by atoms with Crippen LogP contribution in [0.2, 0.25) is 0 Å². The van der Waals surface area contributed by atoms with Crippen molar-refractivity contribution in [3.8, 4) is 0 Å². The van der Waals surface area contributed by atoms with Gasteiger partial charge in [0.2, 0.25) is 5.91 Å². The Morgan fingerprint density at radius 2 is 1.76 bits per heavy atom. The molecule has 3 rings (SSSR count). The van der Waals surface area contributed by atoms with Crippen molar-refractivity contribution in [3.63, 3.8) is 0 Å². The molecule has 2 aromatic rings. The fourth-order valence-corrected chi connectivity index (χ4v) is 3.04. The van der Waals surface area contributed by atoms with E-state index >= 15 is 0 Å². The molecule has 2 aromatic carbocycles. The standard InChI is InChI=1S/C18H22N2O/c1-14(20-12-5-2-6-13-20)18(21)19-17-11-7-9-15-8-3-4-10-16(15)17/h3-4,7-11,14H,2,5-6,12-13H2,1H3,(H,19,21)/t14-/m1/s1. The number of amides is 1. The van der Waals surface area contributed by atoms with Crippen LogP contribution >= 0.6 is 0 Å². The molecule has 3 heteroatoms. The summed E-state index contributed by atoms with van der Waals surface area (Å²) in [6, 6.07) is 14.1. The minimum absolute atomic E-state index is 0.0655. The molecule has 0 unspecified atom stereocenters. The summed E-state index contributed by atoms with van der Waals surface area (Å²) < 4.78 is 0. The van der Waals surface area contributed by atoms with Gasteiger partial charge in [0.1, 0.15) is 0 Å². The van der Waals surface area contributed by atoms with Gasteiger partial charge in [-0.2, -0.15) is 0 Å². The van der Waals surface area contributed by atoms with Gasteiger partial charge in [-0.15, -0.1) is 0 Å². The van der Waals surface area contributed by atoms with Crippen LogP contribution in [0.15, 0.2) is 42.5 Å². The molecular weight excluding hydrogens is 260 g/mol. The van der Waals surface area contributed by atoms with E-state index in [1.54, 1.807) is 0 Å². The minimum Gasteiger partial charge on any atom is -0.324 e. The number of nitrogens with zero attached hydrogens (tertiary/aromatic N) is 1. The Bertz CT molecular complexity index is 627. The van der Waals surface area contributed by atoms with Gasteiger partial charge in [-0.25, -0.2) is 0 Å². The number of likely N-dealkylation sites (tertiary alicyclic amines) is 1. The van der Waals surface area contributed by atoms with Crippen LogP contribution in [-0.2, 0) is 4.79 Å². The lowest BCUT2D eigenvalue weighted by Gasteiger charge is -2.31. The predicted molar refractivity (Wildman–Crippen MR) is 87.5 cm³/mol. The van der Waals surface area contributed by atoms with Crippen molar-refractivity contribution in [2.24, 2.45) is 0 Å². The fourth-order valence-electron chi connectivity index (χ4n) is 3.04. The molecule has 1 aliphatic heterocycles. The number of piperidine rings is 1. The lowest BCUT2D eigenvalue weighted by atomic mass is 10.1. The zero-order valence-electron chi connectivity index (χ0n) is 12.5. The topological polar surface area (TPSA) is 32.3 Å². The number of benzene rings is 2. The lowest BCUT2D eigenvalue weighted by molar-refractivity contribution is -0.121. The molecule has 1 saturated heterocycles. The molecule has 0 saturated carbocycles. The molecule has 21 heavy (non-hydrogen) atoms. The maximum atomic E-state index is 12.5. The van der Waals surface area contributed by atoms with E-state index < -0.39 is 0 Å². The summed E-state index contributed by atoms with van der Waals surface area (Å²) in [7, 11) is 0. The van der Waals surface area contributed by atoms with Crippen molar-refractivity contribution >= 4 is 22.4 Å². The van der Waals surface area contributed by atoms with E-state index in [4.69, 9.17) is 0 Å². The Morgan fingerprint density at radius 3 is 2.57 bits per heavy atom. The minimum atomic E-state index is -0.0655. The van der Waals surface area contributed by atoms with Gasteiger partial charge in [0.15, 0.2) is 0 Å². The third kappa shape index (κ3) is 3.08. The van der Waals surface area contributed by atoms with E-state index in [9.17, 15) is 4.79 Å². The Labute approximate surface area is 125 Å². The molecule has 3 nitrogen and oxygen atoms in total. The molecule has 110 valence electrons. The van der Waals surface area contributed by atoms with Crippen LogP contribution < -0.4 is 5.32 Å². The van der Waals surface area contributed by atoms with E-state index in [0.29, 0.717) is 0 Å². The van der Waals surface area contributed by atoms with Gasteiger partial charge >= 0.3 is 0 Å². The van der Waals surface area contributed by atoms with E-state index in [0.717, 1.165) is 29.5 Å². The largest absolute Gasteiger partial charge is 0.324 e. The average Bonchev–Trinajstić information content (AvgIpc) is 2.55. The maximum Gasteiger partial charge on any atom is 0.241 e. The van der Waals surface area contributed by atoms with Crippen molar-refractivity contribution in [3.05, 3.63) is 42.5 Å². The first-order valence-corrected chi connectivity index (χ1v) is 7.78. The zero-order valence-corrected chi connectivity index (χ0v) is 12.5. The van der Waals surface area contributed by atoms with Gasteiger partial charge in [-0.05, 0) is 44.3 Å². The number of carbonyl (C=O) groups excluding carboxylic acids is 1. The highest BCUT2D eigenvalue weighted by Gasteiger charge is 2.23. The smallest absolute Gasteiger partial charge is 0.241 e. The summed E-state index contributed by atoms with van der Waals surface area (Å²) in [5.41, 5.74) is 0.905. The van der Waals surface area contributed by atoms with Gasteiger partial charge < -0.3 is 5.32 Å². The Balaban J connectivity index is 1.76. The van der Waals surface area contributed by atoms with E-state index in [-0.39, 0.29) is 11.9 Å². The summed E-state index contributed by atoms with van der Waals surface area (Å²) in [6.45, 7) is 4.07. The Hall–Kier alpha value is -1.87. The van der Waals surface area contributed by atoms with Crippen LogP contribution in [0, 0.1) is 0 Å². The number of hydrogen-bond acceptors (Lipinski definition) is 2. The molecular formula is C18H22N2O. The molecule has 0 radical (unpaired) electrons. The molecule has 1 heterocycles. The zero-order chi connectivity index (χ0) is 14.7. The van der Waals surface area contributed by atoms with Gasteiger partial charge in [-0.1, -0.05) is 42.8 Å². The van der Waals surface area contributed by atoms with Gasteiger partial charge in [0.05, 0.1) is 6.04 Å². The van der Waals surface area contributed by atoms with Crippen molar-refractivity contribution in [2.45, 2.75) is 32.2 Å². The second-order valence-electron chi connectivity index (χ2n) is 5.79. The summed E-state index contributed by atoms with van der Waals surface area (Å²) in [5, 5.41) is 5.35. The van der Waals surface area contributed by atoms with Crippen molar-refractivity contribution in [1.29, 1.82) is 0 Å². The van der Waals surface area contributed by atoms with Gasteiger partial charge in [0, 0.05) is 11.1 Å². The molecule has 0 aliphatic carbocycles. The molecule has 0 spiro atoms. The fraction of sp³-hybridized carbons (Fsp3) is 0.389. The molecule has 1 aliphatic rings. The van der Waals surface area contributed by atoms with E-state index in [1.165, 1.54) is 19.3 Å². The Morgan fingerprint density at radius 1 is 1.05 bits per heavy atom. The summed E-state index contributed by atoms with van der Waals surface area (Å²) in [6.07, 6.45) is 3.69. The average molecular weight is 282 g/mol. The summed E-state index contributed by atoms with van der Waals surface area (Å²) in [5.74, 6) is 0.0910. The summed E-state index contributed by atoms with van der Waals surface area (Å²) in [4.78, 5) is 14.8. The number of nitrogens with one attached hydrogen (secondary N) is 1. The quantitative estimate of drug-likeness (QED) is 0.932.